The summed E-state index contributed by atoms with van der Waals surface area (Å²) in [7, 11) is -2.40. The van der Waals surface area contributed by atoms with Crippen molar-refractivity contribution in [2.24, 2.45) is 0 Å². The summed E-state index contributed by atoms with van der Waals surface area (Å²) < 4.78 is 27.9. The number of carbonyl (C=O) groups excluding carboxylic acids is 1. The van der Waals surface area contributed by atoms with Crippen LogP contribution in [0.15, 0.2) is 30.3 Å². The van der Waals surface area contributed by atoms with Crippen LogP contribution in [0.5, 0.6) is 0 Å². The summed E-state index contributed by atoms with van der Waals surface area (Å²) in [6.07, 6.45) is -0.829. The van der Waals surface area contributed by atoms with Crippen molar-refractivity contribution in [3.05, 3.63) is 35.9 Å². The van der Waals surface area contributed by atoms with E-state index in [1.54, 1.807) is 35.2 Å². The van der Waals surface area contributed by atoms with E-state index in [1.807, 2.05) is 0 Å². The summed E-state index contributed by atoms with van der Waals surface area (Å²) >= 11 is 0. The third-order valence-corrected chi connectivity index (χ3v) is 3.20. The van der Waals surface area contributed by atoms with Gasteiger partial charge in [-0.1, -0.05) is 30.3 Å². The van der Waals surface area contributed by atoms with E-state index >= 15 is 0 Å². The van der Waals surface area contributed by atoms with Crippen LogP contribution in [0, 0.1) is 0 Å². The molecule has 6 nitrogen and oxygen atoms in total. The van der Waals surface area contributed by atoms with Gasteiger partial charge in [0, 0.05) is 36.7 Å². The largest absolute Gasteiger partial charge is 0.370 e. The molecule has 8 heteroatoms. The van der Waals surface area contributed by atoms with Gasteiger partial charge in [-0.15, -0.1) is 0 Å². The molecule has 0 spiro atoms. The molecule has 1 radical (unpaired) electrons. The molecule has 0 saturated carbocycles. The minimum atomic E-state index is -3.72. The summed E-state index contributed by atoms with van der Waals surface area (Å²) in [5, 5.41) is 0. The van der Waals surface area contributed by atoms with Crippen molar-refractivity contribution < 1.29 is 22.8 Å². The summed E-state index contributed by atoms with van der Waals surface area (Å²) in [5.74, 6) is -1.06. The molecule has 101 valence electrons. The topological polar surface area (TPSA) is 81.7 Å². The predicted molar refractivity (Wildman–Crippen MR) is 70.5 cm³/mol. The van der Waals surface area contributed by atoms with Crippen LogP contribution in [-0.4, -0.2) is 57.2 Å². The average molecular weight is 296 g/mol. The zero-order valence-electron chi connectivity index (χ0n) is 11.1. The van der Waals surface area contributed by atoms with Crippen LogP contribution in [-0.2, 0) is 30.1 Å². The maximum Gasteiger partial charge on any atom is 0.354 e. The minimum absolute atomic E-state index is 0. The Morgan fingerprint density at radius 1 is 1.32 bits per heavy atom. The molecule has 19 heavy (non-hydrogen) atoms. The molecule has 1 unspecified atom stereocenters. The number of hydrogen-bond donors (Lipinski definition) is 1. The van der Waals surface area contributed by atoms with E-state index in [0.717, 1.165) is 0 Å². The van der Waals surface area contributed by atoms with Gasteiger partial charge in [-0.3, -0.25) is 0 Å². The van der Waals surface area contributed by atoms with Gasteiger partial charge in [0.2, 0.25) is 10.0 Å². The molecule has 0 bridgehead atoms. The number of nitrogens with one attached hydrogen (secondary N) is 1. The third kappa shape index (κ3) is 7.05. The number of methoxy groups -OCH3 is 1. The molecule has 0 amide bonds. The average Bonchev–Trinajstić information content (AvgIpc) is 2.35. The molecule has 0 aliphatic heterocycles. The maximum atomic E-state index is 11.6. The van der Waals surface area contributed by atoms with Gasteiger partial charge in [-0.2, -0.15) is 0 Å². The van der Waals surface area contributed by atoms with Crippen molar-refractivity contribution in [3.8, 4) is 0 Å². The molecule has 0 heterocycles. The van der Waals surface area contributed by atoms with Crippen LogP contribution < -0.4 is 4.89 Å². The first-order chi connectivity index (χ1) is 8.44. The third-order valence-electron chi connectivity index (χ3n) is 2.15. The first-order valence-corrected chi connectivity index (χ1v) is 6.86. The molecule has 1 N–H and O–H groups in total. The Kier molecular flexibility index (Phi) is 8.47. The summed E-state index contributed by atoms with van der Waals surface area (Å²) in [6, 6.07) is 8.56. The van der Waals surface area contributed by atoms with E-state index in [4.69, 9.17) is 0 Å². The van der Waals surface area contributed by atoms with Crippen molar-refractivity contribution in [1.29, 1.82) is 0 Å². The van der Waals surface area contributed by atoms with Crippen LogP contribution in [0.1, 0.15) is 12.5 Å². The summed E-state index contributed by atoms with van der Waals surface area (Å²) in [6.45, 7) is 1.45. The number of benzene rings is 1. The molecule has 0 aliphatic rings. The van der Waals surface area contributed by atoms with Crippen molar-refractivity contribution in [1.82, 2.24) is 4.89 Å². The number of sulfonamides is 1. The monoisotopic (exact) mass is 296 g/mol. The Morgan fingerprint density at radius 3 is 2.42 bits per heavy atom. The first kappa shape index (κ1) is 18.6. The van der Waals surface area contributed by atoms with Crippen LogP contribution in [0.2, 0.25) is 0 Å². The summed E-state index contributed by atoms with van der Waals surface area (Å²) in [4.78, 5) is 17.4. The second-order valence-corrected chi connectivity index (χ2v) is 5.31. The van der Waals surface area contributed by atoms with Crippen molar-refractivity contribution in [2.75, 3.05) is 7.11 Å². The number of hydrogen-bond acceptors (Lipinski definition) is 5. The first-order valence-electron chi connectivity index (χ1n) is 5.21. The zero-order valence-corrected chi connectivity index (χ0v) is 13.9. The normalized spacial score (nSPS) is 12.3. The Bertz CT molecular complexity index is 491. The fourth-order valence-corrected chi connectivity index (χ4v) is 2.01. The van der Waals surface area contributed by atoms with Crippen LogP contribution in [0.25, 0.3) is 0 Å². The van der Waals surface area contributed by atoms with Crippen LogP contribution in [0.3, 0.4) is 0 Å². The van der Waals surface area contributed by atoms with Crippen LogP contribution in [0.4, 0.5) is 0 Å². The second-order valence-electron chi connectivity index (χ2n) is 3.63. The van der Waals surface area contributed by atoms with E-state index in [-0.39, 0.29) is 35.3 Å². The molecule has 0 saturated heterocycles. The minimum Gasteiger partial charge on any atom is -0.370 e. The van der Waals surface area contributed by atoms with Crippen molar-refractivity contribution in [3.63, 3.8) is 0 Å². The number of ether oxygens (including phenoxy) is 1. The van der Waals surface area contributed by atoms with E-state index in [9.17, 15) is 13.2 Å². The maximum absolute atomic E-state index is 11.6. The molecule has 0 aromatic heterocycles. The number of carbonyl (C=O) groups is 1. The smallest absolute Gasteiger partial charge is 0.354 e. The van der Waals surface area contributed by atoms with Gasteiger partial charge in [0.1, 0.15) is 0 Å². The molecule has 1 rings (SSSR count). The predicted octanol–water partition coefficient (Wildman–Crippen LogP) is 0.218. The molecule has 1 atom stereocenters. The second kappa shape index (κ2) is 8.68. The molecule has 1 aromatic rings. The Balaban J connectivity index is 0.00000324. The van der Waals surface area contributed by atoms with Gasteiger partial charge in [0.05, 0.1) is 5.75 Å². The standard InChI is InChI=1S/C11H15NO5S.Na/c1-9(16-2)11(13)17-12-18(14,15)8-10-6-4-3-5-7-10;/h3-7,9,12H,8H2,1-2H3;. The molecular formula is C11H15NNaO5S. The SMILES string of the molecule is COC(C)C(=O)ONS(=O)(=O)Cc1ccccc1.[Na]. The molecule has 0 aliphatic carbocycles. The quantitative estimate of drug-likeness (QED) is 0.600. The van der Waals surface area contributed by atoms with Crippen LogP contribution >= 0.6 is 0 Å². The van der Waals surface area contributed by atoms with E-state index < -0.39 is 22.1 Å². The number of rotatable bonds is 6. The Labute approximate surface area is 134 Å². The van der Waals surface area contributed by atoms with Gasteiger partial charge < -0.3 is 9.57 Å². The van der Waals surface area contributed by atoms with Gasteiger partial charge >= 0.3 is 5.97 Å². The fourth-order valence-electron chi connectivity index (χ4n) is 1.11. The van der Waals surface area contributed by atoms with Crippen molar-refractivity contribution in [2.45, 2.75) is 18.8 Å². The van der Waals surface area contributed by atoms with Gasteiger partial charge in [0.25, 0.3) is 0 Å². The van der Waals surface area contributed by atoms with Gasteiger partial charge in [-0.25, -0.2) is 13.2 Å². The van der Waals surface area contributed by atoms with Gasteiger partial charge in [-0.05, 0) is 17.4 Å². The Morgan fingerprint density at radius 2 is 1.89 bits per heavy atom. The van der Waals surface area contributed by atoms with E-state index in [0.29, 0.717) is 5.56 Å². The summed E-state index contributed by atoms with van der Waals surface area (Å²) in [5.41, 5.74) is 0.598. The Hall–Kier alpha value is -0.440. The van der Waals surface area contributed by atoms with E-state index in [2.05, 4.69) is 9.57 Å². The van der Waals surface area contributed by atoms with E-state index in [1.165, 1.54) is 14.0 Å². The molecule has 0 fully saturated rings. The molecule has 1 aromatic carbocycles. The molecular weight excluding hydrogens is 281 g/mol. The zero-order chi connectivity index (χ0) is 13.6. The van der Waals surface area contributed by atoms with Crippen molar-refractivity contribution >= 4 is 45.5 Å². The fraction of sp³-hybridized carbons (Fsp3) is 0.364. The van der Waals surface area contributed by atoms with Gasteiger partial charge in [0.15, 0.2) is 6.10 Å².